The van der Waals surface area contributed by atoms with Gasteiger partial charge in [-0.3, -0.25) is 5.32 Å². The first-order valence-electron chi connectivity index (χ1n) is 8.48. The summed E-state index contributed by atoms with van der Waals surface area (Å²) in [5.74, 6) is 0. The summed E-state index contributed by atoms with van der Waals surface area (Å²) in [7, 11) is 0. The summed E-state index contributed by atoms with van der Waals surface area (Å²) < 4.78 is 8.35. The van der Waals surface area contributed by atoms with Crippen molar-refractivity contribution in [1.29, 1.82) is 0 Å². The molecule has 1 aromatic heterocycles. The molecule has 1 amide bonds. The molecular formula is C19H21N3O3S. The molecule has 2 aromatic carbocycles. The minimum Gasteiger partial charge on any atom is -0.444 e. The summed E-state index contributed by atoms with van der Waals surface area (Å²) in [5.41, 5.74) is 2.68. The van der Waals surface area contributed by atoms with Crippen LogP contribution in [0.1, 0.15) is 19.4 Å². The largest absolute Gasteiger partial charge is 0.444 e. The Balaban J connectivity index is 1.73. The Morgan fingerprint density at radius 2 is 2.00 bits per heavy atom. The van der Waals surface area contributed by atoms with Gasteiger partial charge in [0, 0.05) is 12.2 Å². The number of nitrogens with one attached hydrogen (secondary N) is 1. The first kappa shape index (κ1) is 18.0. The van der Waals surface area contributed by atoms with E-state index in [1.54, 1.807) is 0 Å². The molecule has 0 atom stereocenters. The Morgan fingerprint density at radius 1 is 1.19 bits per heavy atom. The molecule has 0 saturated heterocycles. The van der Waals surface area contributed by atoms with Crippen LogP contribution >= 0.6 is 11.3 Å². The minimum atomic E-state index is -0.479. The van der Waals surface area contributed by atoms with Crippen molar-refractivity contribution >= 4 is 33.3 Å². The van der Waals surface area contributed by atoms with Crippen molar-refractivity contribution in [1.82, 2.24) is 4.57 Å². The fraction of sp³-hybridized carbons (Fsp3) is 0.263. The maximum absolute atomic E-state index is 12.0. The maximum Gasteiger partial charge on any atom is 0.411 e. The first-order chi connectivity index (χ1) is 12.7. The van der Waals surface area contributed by atoms with Gasteiger partial charge in [0.05, 0.1) is 10.2 Å². The van der Waals surface area contributed by atoms with E-state index in [0.29, 0.717) is 12.3 Å². The molecule has 0 bridgehead atoms. The molecule has 0 aliphatic rings. The number of aromatic nitrogens is 1. The summed E-state index contributed by atoms with van der Waals surface area (Å²) >= 11 is 1.52. The fourth-order valence-corrected chi connectivity index (χ4v) is 3.62. The number of aryl methyl sites for hydroxylation is 1. The van der Waals surface area contributed by atoms with Crippen molar-refractivity contribution < 1.29 is 14.4 Å². The van der Waals surface area contributed by atoms with Gasteiger partial charge < -0.3 is 14.1 Å². The molecule has 0 radical (unpaired) electrons. The number of fused-ring (bicyclic) bond motifs is 1. The quantitative estimate of drug-likeness (QED) is 0.656. The molecule has 6 nitrogen and oxygen atoms in total. The van der Waals surface area contributed by atoms with E-state index in [2.05, 4.69) is 22.0 Å². The summed E-state index contributed by atoms with van der Waals surface area (Å²) in [4.78, 5) is 18.0. The van der Waals surface area contributed by atoms with E-state index in [-0.39, 0.29) is 6.61 Å². The predicted molar refractivity (Wildman–Crippen MR) is 103 cm³/mol. The number of thiazole rings is 1. The Morgan fingerprint density at radius 3 is 2.73 bits per heavy atom. The van der Waals surface area contributed by atoms with Crippen molar-refractivity contribution in [3.63, 3.8) is 0 Å². The van der Waals surface area contributed by atoms with Gasteiger partial charge in [0.15, 0.2) is 0 Å². The van der Waals surface area contributed by atoms with Gasteiger partial charge in [-0.25, -0.2) is 4.79 Å². The van der Waals surface area contributed by atoms with E-state index in [4.69, 9.17) is 9.57 Å². The Hall–Kier alpha value is -2.80. The lowest BCUT2D eigenvalue weighted by molar-refractivity contribution is 0.146. The third-order valence-electron chi connectivity index (χ3n) is 3.73. The number of nitrogens with zero attached hydrogens (tertiary/aromatic N) is 2. The van der Waals surface area contributed by atoms with Gasteiger partial charge in [0.25, 0.3) is 0 Å². The van der Waals surface area contributed by atoms with Crippen molar-refractivity contribution in [2.24, 2.45) is 5.16 Å². The first-order valence-corrected chi connectivity index (χ1v) is 9.30. The zero-order chi connectivity index (χ0) is 18.4. The highest BCUT2D eigenvalue weighted by Crippen LogP contribution is 2.22. The van der Waals surface area contributed by atoms with Crippen LogP contribution in [0, 0.1) is 0 Å². The van der Waals surface area contributed by atoms with Crippen LogP contribution in [0.4, 0.5) is 10.5 Å². The van der Waals surface area contributed by atoms with Crippen LogP contribution in [0.25, 0.3) is 10.2 Å². The predicted octanol–water partition coefficient (Wildman–Crippen LogP) is 4.32. The van der Waals surface area contributed by atoms with Crippen molar-refractivity contribution in [3.05, 3.63) is 58.9 Å². The number of hydrogen-bond donors (Lipinski definition) is 1. The van der Waals surface area contributed by atoms with Crippen LogP contribution in [0.3, 0.4) is 0 Å². The summed E-state index contributed by atoms with van der Waals surface area (Å²) in [6.07, 6.45) is -0.479. The molecule has 0 fully saturated rings. The highest BCUT2D eigenvalue weighted by molar-refractivity contribution is 7.16. The van der Waals surface area contributed by atoms with E-state index in [1.165, 1.54) is 11.3 Å². The Bertz CT molecular complexity index is 948. The zero-order valence-electron chi connectivity index (χ0n) is 14.8. The Labute approximate surface area is 155 Å². The molecule has 136 valence electrons. The van der Waals surface area contributed by atoms with Gasteiger partial charge in [-0.2, -0.15) is 0 Å². The molecule has 0 aliphatic carbocycles. The Kier molecular flexibility index (Phi) is 5.91. The average molecular weight is 371 g/mol. The normalized spacial score (nSPS) is 11.5. The number of carbonyl (C=O) groups is 1. The van der Waals surface area contributed by atoms with E-state index in [9.17, 15) is 4.79 Å². The molecule has 1 N–H and O–H groups in total. The van der Waals surface area contributed by atoms with Crippen LogP contribution in [0.2, 0.25) is 0 Å². The molecule has 0 spiro atoms. The SMILES string of the molecule is CCO/N=c1\sc2cc(NC(=O)OCc3ccccc3)ccc2n1CC. The van der Waals surface area contributed by atoms with E-state index in [1.807, 2.05) is 55.5 Å². The third-order valence-corrected chi connectivity index (χ3v) is 4.75. The molecule has 3 aromatic rings. The number of amides is 1. The molecule has 26 heavy (non-hydrogen) atoms. The van der Waals surface area contributed by atoms with E-state index in [0.717, 1.165) is 27.1 Å². The lowest BCUT2D eigenvalue weighted by Crippen LogP contribution is -2.14. The number of anilines is 1. The summed E-state index contributed by atoms with van der Waals surface area (Å²) in [5, 5.41) is 6.92. The fourth-order valence-electron chi connectivity index (χ4n) is 2.52. The van der Waals surface area contributed by atoms with Crippen LogP contribution in [0.15, 0.2) is 53.7 Å². The summed E-state index contributed by atoms with van der Waals surface area (Å²) in [6.45, 7) is 5.51. The van der Waals surface area contributed by atoms with Crippen LogP contribution in [-0.4, -0.2) is 17.3 Å². The average Bonchev–Trinajstić information content (AvgIpc) is 3.02. The van der Waals surface area contributed by atoms with Gasteiger partial charge in [0.2, 0.25) is 4.80 Å². The molecule has 0 unspecified atom stereocenters. The minimum absolute atomic E-state index is 0.237. The summed E-state index contributed by atoms with van der Waals surface area (Å²) in [6, 6.07) is 15.3. The zero-order valence-corrected chi connectivity index (χ0v) is 15.6. The molecule has 0 saturated carbocycles. The van der Waals surface area contributed by atoms with E-state index >= 15 is 0 Å². The molecule has 1 heterocycles. The van der Waals surface area contributed by atoms with Gasteiger partial charge in [-0.15, -0.1) is 0 Å². The van der Waals surface area contributed by atoms with Crippen molar-refractivity contribution in [2.75, 3.05) is 11.9 Å². The van der Waals surface area contributed by atoms with Crippen LogP contribution in [0.5, 0.6) is 0 Å². The molecular weight excluding hydrogens is 350 g/mol. The molecule has 3 rings (SSSR count). The number of rotatable bonds is 6. The lowest BCUT2D eigenvalue weighted by Gasteiger charge is -2.07. The van der Waals surface area contributed by atoms with Gasteiger partial charge in [-0.05, 0) is 37.6 Å². The van der Waals surface area contributed by atoms with Crippen molar-refractivity contribution in [3.8, 4) is 0 Å². The molecule has 0 aliphatic heterocycles. The second-order valence-electron chi connectivity index (χ2n) is 5.51. The monoisotopic (exact) mass is 371 g/mol. The molecule has 7 heteroatoms. The van der Waals surface area contributed by atoms with Gasteiger partial charge in [-0.1, -0.05) is 46.8 Å². The number of hydrogen-bond acceptors (Lipinski definition) is 5. The topological polar surface area (TPSA) is 64.8 Å². The standard InChI is InChI=1S/C19H21N3O3S/c1-3-22-16-11-10-15(12-17(16)26-18(22)21-25-4-2)20-19(23)24-13-14-8-6-5-7-9-14/h5-12H,3-4,13H2,1-2H3,(H,20,23)/b21-18-. The highest BCUT2D eigenvalue weighted by Gasteiger charge is 2.09. The van der Waals surface area contributed by atoms with Gasteiger partial charge >= 0.3 is 6.09 Å². The second-order valence-corrected chi connectivity index (χ2v) is 6.52. The maximum atomic E-state index is 12.0. The third kappa shape index (κ3) is 4.23. The van der Waals surface area contributed by atoms with Crippen molar-refractivity contribution in [2.45, 2.75) is 27.0 Å². The lowest BCUT2D eigenvalue weighted by atomic mass is 10.2. The number of ether oxygens (including phenoxy) is 1. The smallest absolute Gasteiger partial charge is 0.411 e. The number of benzene rings is 2. The van der Waals surface area contributed by atoms with Crippen LogP contribution in [-0.2, 0) is 22.7 Å². The van der Waals surface area contributed by atoms with E-state index < -0.39 is 6.09 Å². The van der Waals surface area contributed by atoms with Crippen LogP contribution < -0.4 is 10.1 Å². The highest BCUT2D eigenvalue weighted by atomic mass is 32.1. The van der Waals surface area contributed by atoms with Gasteiger partial charge in [0.1, 0.15) is 13.2 Å². The second kappa shape index (κ2) is 8.53. The number of carbonyl (C=O) groups excluding carboxylic acids is 1.